The molecule has 0 unspecified atom stereocenters. The van der Waals surface area contributed by atoms with Crippen molar-refractivity contribution >= 4 is 28.7 Å². The number of anilines is 2. The second-order valence-electron chi connectivity index (χ2n) is 5.65. The monoisotopic (exact) mass is 343 g/mol. The van der Waals surface area contributed by atoms with Gasteiger partial charge in [-0.05, 0) is 60.7 Å². The lowest BCUT2D eigenvalue weighted by atomic mass is 10.2. The number of hydrogen-bond acceptors (Lipinski definition) is 4. The topological polar surface area (TPSA) is 48.0 Å². The van der Waals surface area contributed by atoms with Crippen LogP contribution in [0, 0.1) is 0 Å². The van der Waals surface area contributed by atoms with Gasteiger partial charge in [0, 0.05) is 37.6 Å². The first-order valence-corrected chi connectivity index (χ1v) is 8.30. The van der Waals surface area contributed by atoms with E-state index in [1.54, 1.807) is 19.2 Å². The van der Waals surface area contributed by atoms with E-state index in [0.29, 0.717) is 5.75 Å². The van der Waals surface area contributed by atoms with Crippen LogP contribution in [-0.2, 0) is 0 Å². The number of aromatic hydroxyl groups is 1. The molecule has 1 saturated heterocycles. The SMILES string of the molecule is COc1ccc(NC(=S)N2CCN(c3ccc(O)cc3)CC2)cc1. The van der Waals surface area contributed by atoms with Crippen LogP contribution in [0.25, 0.3) is 0 Å². The van der Waals surface area contributed by atoms with Crippen LogP contribution in [0.5, 0.6) is 11.5 Å². The molecular formula is C18H21N3O2S. The van der Waals surface area contributed by atoms with Crippen molar-refractivity contribution in [2.45, 2.75) is 0 Å². The number of ether oxygens (including phenoxy) is 1. The van der Waals surface area contributed by atoms with E-state index < -0.39 is 0 Å². The van der Waals surface area contributed by atoms with Crippen molar-refractivity contribution < 1.29 is 9.84 Å². The average Bonchev–Trinajstić information content (AvgIpc) is 2.63. The highest BCUT2D eigenvalue weighted by Gasteiger charge is 2.19. The Morgan fingerprint density at radius 2 is 1.62 bits per heavy atom. The zero-order valence-corrected chi connectivity index (χ0v) is 14.4. The van der Waals surface area contributed by atoms with Gasteiger partial charge < -0.3 is 25.0 Å². The third-order valence-corrected chi connectivity index (χ3v) is 4.48. The van der Waals surface area contributed by atoms with Gasteiger partial charge in [0.25, 0.3) is 0 Å². The smallest absolute Gasteiger partial charge is 0.173 e. The van der Waals surface area contributed by atoms with Gasteiger partial charge in [0.15, 0.2) is 5.11 Å². The quantitative estimate of drug-likeness (QED) is 0.836. The number of thiocarbonyl (C=S) groups is 1. The van der Waals surface area contributed by atoms with Crippen molar-refractivity contribution in [3.63, 3.8) is 0 Å². The predicted molar refractivity (Wildman–Crippen MR) is 101 cm³/mol. The van der Waals surface area contributed by atoms with Crippen molar-refractivity contribution in [1.29, 1.82) is 0 Å². The fourth-order valence-electron chi connectivity index (χ4n) is 2.71. The number of piperazine rings is 1. The fourth-order valence-corrected chi connectivity index (χ4v) is 3.01. The molecule has 0 aliphatic carbocycles. The number of phenols is 1. The van der Waals surface area contributed by atoms with Crippen molar-refractivity contribution in [2.24, 2.45) is 0 Å². The predicted octanol–water partition coefficient (Wildman–Crippen LogP) is 2.92. The Morgan fingerprint density at radius 3 is 2.21 bits per heavy atom. The van der Waals surface area contributed by atoms with Gasteiger partial charge >= 0.3 is 0 Å². The maximum absolute atomic E-state index is 9.38. The first-order chi connectivity index (χ1) is 11.7. The number of benzene rings is 2. The Morgan fingerprint density at radius 1 is 1.00 bits per heavy atom. The Bertz CT molecular complexity index is 680. The second kappa shape index (κ2) is 7.40. The lowest BCUT2D eigenvalue weighted by Gasteiger charge is -2.37. The van der Waals surface area contributed by atoms with Gasteiger partial charge in [-0.25, -0.2) is 0 Å². The Balaban J connectivity index is 1.53. The molecule has 1 fully saturated rings. The zero-order chi connectivity index (χ0) is 16.9. The molecule has 0 aromatic heterocycles. The molecule has 24 heavy (non-hydrogen) atoms. The zero-order valence-electron chi connectivity index (χ0n) is 13.6. The molecule has 126 valence electrons. The number of nitrogens with zero attached hydrogens (tertiary/aromatic N) is 2. The van der Waals surface area contributed by atoms with Crippen LogP contribution in [0.4, 0.5) is 11.4 Å². The highest BCUT2D eigenvalue weighted by molar-refractivity contribution is 7.80. The molecule has 0 radical (unpaired) electrons. The summed E-state index contributed by atoms with van der Waals surface area (Å²) in [6.07, 6.45) is 0. The first kappa shape index (κ1) is 16.4. The summed E-state index contributed by atoms with van der Waals surface area (Å²) in [5, 5.41) is 13.4. The largest absolute Gasteiger partial charge is 0.508 e. The van der Waals surface area contributed by atoms with Crippen LogP contribution in [0.3, 0.4) is 0 Å². The summed E-state index contributed by atoms with van der Waals surface area (Å²) in [6.45, 7) is 3.52. The minimum absolute atomic E-state index is 0.294. The summed E-state index contributed by atoms with van der Waals surface area (Å²) < 4.78 is 5.16. The molecule has 6 heteroatoms. The molecule has 1 aliphatic rings. The highest BCUT2D eigenvalue weighted by atomic mass is 32.1. The van der Waals surface area contributed by atoms with Gasteiger partial charge in [-0.1, -0.05) is 0 Å². The maximum atomic E-state index is 9.38. The minimum atomic E-state index is 0.294. The van der Waals surface area contributed by atoms with Crippen molar-refractivity contribution in [2.75, 3.05) is 43.5 Å². The molecule has 2 N–H and O–H groups in total. The van der Waals surface area contributed by atoms with Crippen LogP contribution < -0.4 is 15.0 Å². The third kappa shape index (κ3) is 3.89. The van der Waals surface area contributed by atoms with Gasteiger partial charge in [-0.3, -0.25) is 0 Å². The van der Waals surface area contributed by atoms with Crippen LogP contribution >= 0.6 is 12.2 Å². The molecule has 0 amide bonds. The third-order valence-electron chi connectivity index (χ3n) is 4.12. The van der Waals surface area contributed by atoms with Crippen LogP contribution in [-0.4, -0.2) is 48.4 Å². The Hall–Kier alpha value is -2.47. The number of rotatable bonds is 3. The highest BCUT2D eigenvalue weighted by Crippen LogP contribution is 2.20. The van der Waals surface area contributed by atoms with Gasteiger partial charge in [0.05, 0.1) is 7.11 Å². The van der Waals surface area contributed by atoms with E-state index in [-0.39, 0.29) is 0 Å². The average molecular weight is 343 g/mol. The first-order valence-electron chi connectivity index (χ1n) is 7.89. The minimum Gasteiger partial charge on any atom is -0.508 e. The molecule has 0 bridgehead atoms. The van der Waals surface area contributed by atoms with Gasteiger partial charge in [-0.15, -0.1) is 0 Å². The number of nitrogens with one attached hydrogen (secondary N) is 1. The van der Waals surface area contributed by atoms with E-state index in [0.717, 1.165) is 48.4 Å². The molecule has 5 nitrogen and oxygen atoms in total. The van der Waals surface area contributed by atoms with E-state index >= 15 is 0 Å². The van der Waals surface area contributed by atoms with E-state index in [2.05, 4.69) is 15.1 Å². The van der Waals surface area contributed by atoms with Crippen LogP contribution in [0.2, 0.25) is 0 Å². The van der Waals surface area contributed by atoms with Gasteiger partial charge in [0.1, 0.15) is 11.5 Å². The van der Waals surface area contributed by atoms with E-state index in [4.69, 9.17) is 17.0 Å². The number of methoxy groups -OCH3 is 1. The summed E-state index contributed by atoms with van der Waals surface area (Å²) in [6, 6.07) is 15.1. The summed E-state index contributed by atoms with van der Waals surface area (Å²) in [5.41, 5.74) is 2.09. The molecule has 2 aromatic carbocycles. The summed E-state index contributed by atoms with van der Waals surface area (Å²) in [4.78, 5) is 4.47. The summed E-state index contributed by atoms with van der Waals surface area (Å²) in [7, 11) is 1.65. The molecule has 2 aromatic rings. The molecule has 1 heterocycles. The van der Waals surface area contributed by atoms with Gasteiger partial charge in [0.2, 0.25) is 0 Å². The van der Waals surface area contributed by atoms with Crippen LogP contribution in [0.15, 0.2) is 48.5 Å². The van der Waals surface area contributed by atoms with Crippen molar-refractivity contribution in [1.82, 2.24) is 4.90 Å². The fraction of sp³-hybridized carbons (Fsp3) is 0.278. The van der Waals surface area contributed by atoms with Gasteiger partial charge in [-0.2, -0.15) is 0 Å². The maximum Gasteiger partial charge on any atom is 0.173 e. The van der Waals surface area contributed by atoms with E-state index in [1.807, 2.05) is 36.4 Å². The van der Waals surface area contributed by atoms with Crippen LogP contribution in [0.1, 0.15) is 0 Å². The van der Waals surface area contributed by atoms with E-state index in [9.17, 15) is 5.11 Å². The van der Waals surface area contributed by atoms with E-state index in [1.165, 1.54) is 0 Å². The van der Waals surface area contributed by atoms with Crippen molar-refractivity contribution in [3.05, 3.63) is 48.5 Å². The molecular weight excluding hydrogens is 322 g/mol. The number of phenolic OH excluding ortho intramolecular Hbond substituents is 1. The Kier molecular flexibility index (Phi) is 5.05. The standard InChI is InChI=1S/C18H21N3O2S/c1-23-17-8-2-14(3-9-17)19-18(24)21-12-10-20(11-13-21)15-4-6-16(22)7-5-15/h2-9,22H,10-13H2,1H3,(H,19,24). The lowest BCUT2D eigenvalue weighted by Crippen LogP contribution is -2.50. The normalized spacial score (nSPS) is 14.4. The molecule has 3 rings (SSSR count). The molecule has 0 spiro atoms. The summed E-state index contributed by atoms with van der Waals surface area (Å²) >= 11 is 5.52. The second-order valence-corrected chi connectivity index (χ2v) is 6.04. The van der Waals surface area contributed by atoms with Crippen molar-refractivity contribution in [3.8, 4) is 11.5 Å². The molecule has 0 atom stereocenters. The Labute approximate surface area is 147 Å². The lowest BCUT2D eigenvalue weighted by molar-refractivity contribution is 0.391. The number of hydrogen-bond donors (Lipinski definition) is 2. The molecule has 0 saturated carbocycles. The summed E-state index contributed by atoms with van der Waals surface area (Å²) in [5.74, 6) is 1.12. The molecule has 1 aliphatic heterocycles.